The van der Waals surface area contributed by atoms with Gasteiger partial charge in [-0.25, -0.2) is 0 Å². The third-order valence-electron chi connectivity index (χ3n) is 5.44. The van der Waals surface area contributed by atoms with Gasteiger partial charge in [-0.1, -0.05) is 37.6 Å². The summed E-state index contributed by atoms with van der Waals surface area (Å²) in [5.74, 6) is 0.698. The van der Waals surface area contributed by atoms with Crippen LogP contribution in [0.25, 0.3) is 0 Å². The van der Waals surface area contributed by atoms with Crippen LogP contribution in [-0.2, 0) is 0 Å². The minimum atomic E-state index is -1.12. The zero-order valence-electron chi connectivity index (χ0n) is 16.6. The molecule has 1 aliphatic rings. The Morgan fingerprint density at radius 2 is 1.76 bits per heavy atom. The molecule has 0 amide bonds. The monoisotopic (exact) mass is 354 g/mol. The Hall–Kier alpha value is -0.680. The summed E-state index contributed by atoms with van der Waals surface area (Å²) in [6.07, 6.45) is 7.48. The molecule has 0 aromatic heterocycles. The van der Waals surface area contributed by atoms with Crippen molar-refractivity contribution in [2.24, 2.45) is 11.8 Å². The molecule has 0 aromatic carbocycles. The van der Waals surface area contributed by atoms with E-state index in [0.29, 0.717) is 31.6 Å². The Balaban J connectivity index is 3.00. The van der Waals surface area contributed by atoms with Crippen molar-refractivity contribution in [2.45, 2.75) is 96.6 Å². The molecule has 0 saturated heterocycles. The molecule has 0 fully saturated rings. The predicted molar refractivity (Wildman–Crippen MR) is 102 cm³/mol. The molecule has 0 bridgehead atoms. The van der Waals surface area contributed by atoms with E-state index in [2.05, 4.69) is 19.9 Å². The Labute approximate surface area is 153 Å². The normalized spacial score (nSPS) is 39.6. The van der Waals surface area contributed by atoms with Crippen molar-refractivity contribution in [2.75, 3.05) is 0 Å². The van der Waals surface area contributed by atoms with Gasteiger partial charge in [-0.2, -0.15) is 0 Å². The van der Waals surface area contributed by atoms with E-state index in [9.17, 15) is 20.4 Å². The highest BCUT2D eigenvalue weighted by Crippen LogP contribution is 2.29. The Morgan fingerprint density at radius 1 is 1.12 bits per heavy atom. The second-order valence-corrected chi connectivity index (χ2v) is 8.77. The van der Waals surface area contributed by atoms with Gasteiger partial charge in [-0.15, -0.1) is 0 Å². The van der Waals surface area contributed by atoms with Crippen molar-refractivity contribution < 1.29 is 20.4 Å². The van der Waals surface area contributed by atoms with Crippen LogP contribution < -0.4 is 0 Å². The Morgan fingerprint density at radius 3 is 2.36 bits per heavy atom. The number of hydrogen-bond acceptors (Lipinski definition) is 4. The number of allylic oxidation sites excluding steroid dienone is 2. The first-order chi connectivity index (χ1) is 11.4. The van der Waals surface area contributed by atoms with Crippen molar-refractivity contribution in [1.29, 1.82) is 0 Å². The maximum absolute atomic E-state index is 10.6. The molecule has 5 unspecified atom stereocenters. The lowest BCUT2D eigenvalue weighted by Gasteiger charge is -2.31. The van der Waals surface area contributed by atoms with Crippen molar-refractivity contribution in [1.82, 2.24) is 0 Å². The summed E-state index contributed by atoms with van der Waals surface area (Å²) in [6.45, 7) is 9.65. The van der Waals surface area contributed by atoms with Gasteiger partial charge >= 0.3 is 0 Å². The lowest BCUT2D eigenvalue weighted by molar-refractivity contribution is -0.0728. The predicted octanol–water partition coefficient (Wildman–Crippen LogP) is 3.34. The van der Waals surface area contributed by atoms with Crippen LogP contribution in [0.2, 0.25) is 0 Å². The average molecular weight is 355 g/mol. The largest absolute Gasteiger partial charge is 0.390 e. The van der Waals surface area contributed by atoms with E-state index >= 15 is 0 Å². The molecule has 5 atom stereocenters. The highest BCUT2D eigenvalue weighted by Gasteiger charge is 2.31. The summed E-state index contributed by atoms with van der Waals surface area (Å²) in [4.78, 5) is 0. The van der Waals surface area contributed by atoms with Gasteiger partial charge in [-0.3, -0.25) is 0 Å². The molecule has 146 valence electrons. The van der Waals surface area contributed by atoms with Crippen LogP contribution in [0.1, 0.15) is 73.1 Å². The van der Waals surface area contributed by atoms with Gasteiger partial charge < -0.3 is 20.4 Å². The quantitative estimate of drug-likeness (QED) is 0.545. The highest BCUT2D eigenvalue weighted by molar-refractivity contribution is 5.05. The first-order valence-electron chi connectivity index (χ1n) is 9.58. The minimum Gasteiger partial charge on any atom is -0.390 e. The van der Waals surface area contributed by atoms with Gasteiger partial charge in [0.15, 0.2) is 0 Å². The van der Waals surface area contributed by atoms with Crippen molar-refractivity contribution in [3.05, 3.63) is 23.8 Å². The second-order valence-electron chi connectivity index (χ2n) is 8.77. The van der Waals surface area contributed by atoms with E-state index in [1.165, 1.54) is 0 Å². The van der Waals surface area contributed by atoms with Crippen LogP contribution in [0, 0.1) is 11.8 Å². The Bertz CT molecular complexity index is 463. The molecule has 0 spiro atoms. The van der Waals surface area contributed by atoms with Gasteiger partial charge in [0.2, 0.25) is 0 Å². The molecule has 0 radical (unpaired) electrons. The fourth-order valence-corrected chi connectivity index (χ4v) is 3.45. The van der Waals surface area contributed by atoms with E-state index in [1.807, 2.05) is 13.0 Å². The smallest absolute Gasteiger partial charge is 0.0877 e. The molecule has 0 aromatic rings. The van der Waals surface area contributed by atoms with Gasteiger partial charge in [0, 0.05) is 6.42 Å². The molecule has 4 heteroatoms. The van der Waals surface area contributed by atoms with E-state index in [4.69, 9.17) is 0 Å². The maximum atomic E-state index is 10.6. The molecule has 1 rings (SSSR count). The average Bonchev–Trinajstić information content (AvgIpc) is 2.46. The first kappa shape index (κ1) is 22.4. The van der Waals surface area contributed by atoms with Gasteiger partial charge in [0.25, 0.3) is 0 Å². The minimum absolute atomic E-state index is 0.279. The summed E-state index contributed by atoms with van der Waals surface area (Å²) in [7, 11) is 0. The van der Waals surface area contributed by atoms with E-state index < -0.39 is 23.4 Å². The standard InChI is InChI=1S/C21H38O4/c1-15(2)17-7-6-11-20(4,24)14-18(22)13-16(3)8-9-19(23)21(5,25)12-10-17/h6-7,13,15,17-19,22-25H,8-12,14H2,1-5H3. The molecule has 1 aliphatic carbocycles. The maximum Gasteiger partial charge on any atom is 0.0877 e. The topological polar surface area (TPSA) is 80.9 Å². The lowest BCUT2D eigenvalue weighted by atomic mass is 9.83. The van der Waals surface area contributed by atoms with E-state index in [0.717, 1.165) is 12.0 Å². The zero-order chi connectivity index (χ0) is 19.3. The van der Waals surface area contributed by atoms with E-state index in [1.54, 1.807) is 19.9 Å². The van der Waals surface area contributed by atoms with Crippen molar-refractivity contribution >= 4 is 0 Å². The third kappa shape index (κ3) is 8.04. The van der Waals surface area contributed by atoms with Gasteiger partial charge in [0.1, 0.15) is 0 Å². The van der Waals surface area contributed by atoms with Gasteiger partial charge in [0.05, 0.1) is 23.4 Å². The van der Waals surface area contributed by atoms with Crippen LogP contribution in [0.3, 0.4) is 0 Å². The van der Waals surface area contributed by atoms with Crippen LogP contribution in [0.5, 0.6) is 0 Å². The second kappa shape index (κ2) is 9.31. The van der Waals surface area contributed by atoms with Crippen molar-refractivity contribution in [3.63, 3.8) is 0 Å². The first-order valence-corrected chi connectivity index (χ1v) is 9.58. The highest BCUT2D eigenvalue weighted by atomic mass is 16.3. The summed E-state index contributed by atoms with van der Waals surface area (Å²) < 4.78 is 0. The molecule has 0 saturated carbocycles. The fraction of sp³-hybridized carbons (Fsp3) is 0.810. The molecule has 4 nitrogen and oxygen atoms in total. The molecule has 0 heterocycles. The summed E-state index contributed by atoms with van der Waals surface area (Å²) >= 11 is 0. The zero-order valence-corrected chi connectivity index (χ0v) is 16.6. The van der Waals surface area contributed by atoms with E-state index in [-0.39, 0.29) is 12.3 Å². The molecular formula is C21H38O4. The number of aliphatic hydroxyl groups excluding tert-OH is 2. The molecule has 25 heavy (non-hydrogen) atoms. The van der Waals surface area contributed by atoms with Crippen LogP contribution in [0.4, 0.5) is 0 Å². The number of aliphatic hydroxyl groups is 4. The Kier molecular flexibility index (Phi) is 8.33. The molecule has 0 aliphatic heterocycles. The van der Waals surface area contributed by atoms with Gasteiger partial charge in [-0.05, 0) is 64.7 Å². The number of rotatable bonds is 1. The fourth-order valence-electron chi connectivity index (χ4n) is 3.45. The van der Waals surface area contributed by atoms with Crippen molar-refractivity contribution in [3.8, 4) is 0 Å². The summed E-state index contributed by atoms with van der Waals surface area (Å²) in [5, 5.41) is 41.8. The summed E-state index contributed by atoms with van der Waals surface area (Å²) in [5.41, 5.74) is -1.12. The third-order valence-corrected chi connectivity index (χ3v) is 5.44. The molecule has 4 N–H and O–H groups in total. The summed E-state index contributed by atoms with van der Waals surface area (Å²) in [6, 6.07) is 0. The number of hydrogen-bond donors (Lipinski definition) is 4. The molecular weight excluding hydrogens is 316 g/mol. The van der Waals surface area contributed by atoms with Crippen LogP contribution >= 0.6 is 0 Å². The van der Waals surface area contributed by atoms with Crippen LogP contribution in [-0.4, -0.2) is 43.8 Å². The SMILES string of the molecule is CC1=CC(O)CC(C)(O)CC=CC(C(C)C)CCC(C)(O)C(O)CC1. The lowest BCUT2D eigenvalue weighted by Crippen LogP contribution is -2.39. The van der Waals surface area contributed by atoms with Crippen LogP contribution in [0.15, 0.2) is 23.8 Å².